The molecule has 1 fully saturated rings. The van der Waals surface area contributed by atoms with Gasteiger partial charge >= 0.3 is 0 Å². The van der Waals surface area contributed by atoms with E-state index in [0.717, 1.165) is 25.2 Å². The molecule has 4 nitrogen and oxygen atoms in total. The van der Waals surface area contributed by atoms with Crippen molar-refractivity contribution in [2.75, 3.05) is 13.1 Å². The Balaban J connectivity index is 2.22. The van der Waals surface area contributed by atoms with E-state index in [0.29, 0.717) is 6.04 Å². The molecule has 0 radical (unpaired) electrons. The molecule has 0 bridgehead atoms. The lowest BCUT2D eigenvalue weighted by Crippen LogP contribution is -2.32. The van der Waals surface area contributed by atoms with Gasteiger partial charge in [0.1, 0.15) is 0 Å². The van der Waals surface area contributed by atoms with Gasteiger partial charge in [-0.2, -0.15) is 5.10 Å². The molecular weight excluding hydrogens is 200 g/mol. The molecule has 0 aromatic carbocycles. The van der Waals surface area contributed by atoms with Gasteiger partial charge in [-0.3, -0.25) is 9.58 Å². The zero-order valence-electron chi connectivity index (χ0n) is 10.5. The van der Waals surface area contributed by atoms with Crippen LogP contribution >= 0.6 is 0 Å². The molecule has 16 heavy (non-hydrogen) atoms. The summed E-state index contributed by atoms with van der Waals surface area (Å²) in [6, 6.07) is 2.72. The van der Waals surface area contributed by atoms with Gasteiger partial charge in [-0.1, -0.05) is 6.92 Å². The number of aromatic nitrogens is 2. The van der Waals surface area contributed by atoms with Crippen molar-refractivity contribution in [2.45, 2.75) is 38.8 Å². The fourth-order valence-corrected chi connectivity index (χ4v) is 2.56. The van der Waals surface area contributed by atoms with Gasteiger partial charge < -0.3 is 5.73 Å². The van der Waals surface area contributed by atoms with Crippen LogP contribution in [-0.4, -0.2) is 33.8 Å². The zero-order valence-corrected chi connectivity index (χ0v) is 10.5. The standard InChI is InChI=1S/C12H22N4/c1-4-6-16-7-5-10(13)12(16)11-8-9(2)15(3)14-11/h8,10,12H,4-7,13H2,1-3H3. The van der Waals surface area contributed by atoms with E-state index in [4.69, 9.17) is 5.73 Å². The van der Waals surface area contributed by atoms with Gasteiger partial charge in [0.05, 0.1) is 11.7 Å². The molecule has 0 saturated carbocycles. The molecule has 1 aromatic rings. The summed E-state index contributed by atoms with van der Waals surface area (Å²) in [4.78, 5) is 2.46. The van der Waals surface area contributed by atoms with Crippen molar-refractivity contribution >= 4 is 0 Å². The number of hydrogen-bond donors (Lipinski definition) is 1. The molecule has 4 heteroatoms. The minimum atomic E-state index is 0.237. The molecule has 1 aromatic heterocycles. The lowest BCUT2D eigenvalue weighted by atomic mass is 10.1. The predicted molar refractivity (Wildman–Crippen MR) is 65.1 cm³/mol. The van der Waals surface area contributed by atoms with Crippen LogP contribution in [0.1, 0.15) is 37.2 Å². The Morgan fingerprint density at radius 3 is 2.88 bits per heavy atom. The van der Waals surface area contributed by atoms with Gasteiger partial charge in [0.15, 0.2) is 0 Å². The van der Waals surface area contributed by atoms with Crippen LogP contribution in [0.15, 0.2) is 6.07 Å². The molecule has 0 amide bonds. The van der Waals surface area contributed by atoms with Crippen molar-refractivity contribution in [1.82, 2.24) is 14.7 Å². The number of aryl methyl sites for hydroxylation is 2. The normalized spacial score (nSPS) is 26.5. The molecule has 0 spiro atoms. The van der Waals surface area contributed by atoms with Crippen molar-refractivity contribution < 1.29 is 0 Å². The second-order valence-electron chi connectivity index (χ2n) is 4.77. The summed E-state index contributed by atoms with van der Waals surface area (Å²) < 4.78 is 1.94. The number of rotatable bonds is 3. The highest BCUT2D eigenvalue weighted by Crippen LogP contribution is 2.30. The van der Waals surface area contributed by atoms with Crippen LogP contribution in [0, 0.1) is 6.92 Å². The third-order valence-corrected chi connectivity index (χ3v) is 3.50. The Kier molecular flexibility index (Phi) is 3.30. The summed E-state index contributed by atoms with van der Waals surface area (Å²) in [6.07, 6.45) is 2.26. The number of nitrogens with two attached hydrogens (primary N) is 1. The molecular formula is C12H22N4. The van der Waals surface area contributed by atoms with Crippen molar-refractivity contribution in [3.05, 3.63) is 17.5 Å². The van der Waals surface area contributed by atoms with Crippen LogP contribution < -0.4 is 5.73 Å². The van der Waals surface area contributed by atoms with Crippen LogP contribution in [0.2, 0.25) is 0 Å². The minimum absolute atomic E-state index is 0.237. The Bertz CT molecular complexity index is 336. The molecule has 2 atom stereocenters. The third kappa shape index (κ3) is 1.99. The zero-order chi connectivity index (χ0) is 11.7. The van der Waals surface area contributed by atoms with E-state index < -0.39 is 0 Å². The van der Waals surface area contributed by atoms with Crippen LogP contribution in [0.3, 0.4) is 0 Å². The lowest BCUT2D eigenvalue weighted by molar-refractivity contribution is 0.243. The largest absolute Gasteiger partial charge is 0.326 e. The number of nitrogens with zero attached hydrogens (tertiary/aromatic N) is 3. The fraction of sp³-hybridized carbons (Fsp3) is 0.750. The first-order valence-corrected chi connectivity index (χ1v) is 6.13. The van der Waals surface area contributed by atoms with Crippen LogP contribution in [0.25, 0.3) is 0 Å². The summed E-state index contributed by atoms with van der Waals surface area (Å²) in [5, 5.41) is 4.57. The molecule has 2 unspecified atom stereocenters. The molecule has 2 N–H and O–H groups in total. The maximum Gasteiger partial charge on any atom is 0.0814 e. The summed E-state index contributed by atoms with van der Waals surface area (Å²) in [5.41, 5.74) is 8.54. The second kappa shape index (κ2) is 4.55. The van der Waals surface area contributed by atoms with Gasteiger partial charge in [0.25, 0.3) is 0 Å². The number of likely N-dealkylation sites (tertiary alicyclic amines) is 1. The van der Waals surface area contributed by atoms with Crippen molar-refractivity contribution in [3.63, 3.8) is 0 Å². The second-order valence-corrected chi connectivity index (χ2v) is 4.77. The van der Waals surface area contributed by atoms with Gasteiger partial charge in [-0.05, 0) is 32.4 Å². The first-order valence-electron chi connectivity index (χ1n) is 6.13. The van der Waals surface area contributed by atoms with Crippen molar-refractivity contribution in [1.29, 1.82) is 0 Å². The highest BCUT2D eigenvalue weighted by molar-refractivity contribution is 5.16. The fourth-order valence-electron chi connectivity index (χ4n) is 2.56. The van der Waals surface area contributed by atoms with Crippen molar-refractivity contribution in [2.24, 2.45) is 12.8 Å². The smallest absolute Gasteiger partial charge is 0.0814 e. The molecule has 2 rings (SSSR count). The average molecular weight is 222 g/mol. The van der Waals surface area contributed by atoms with Crippen LogP contribution in [0.5, 0.6) is 0 Å². The van der Waals surface area contributed by atoms with E-state index in [9.17, 15) is 0 Å². The predicted octanol–water partition coefficient (Wildman–Crippen LogP) is 1.21. The first kappa shape index (κ1) is 11.6. The third-order valence-electron chi connectivity index (χ3n) is 3.50. The lowest BCUT2D eigenvalue weighted by Gasteiger charge is -2.24. The number of hydrogen-bond acceptors (Lipinski definition) is 3. The Labute approximate surface area is 97.4 Å². The highest BCUT2D eigenvalue weighted by Gasteiger charge is 2.33. The highest BCUT2D eigenvalue weighted by atomic mass is 15.3. The van der Waals surface area contributed by atoms with E-state index in [1.165, 1.54) is 12.1 Å². The summed E-state index contributed by atoms with van der Waals surface area (Å²) in [7, 11) is 1.99. The summed E-state index contributed by atoms with van der Waals surface area (Å²) >= 11 is 0. The minimum Gasteiger partial charge on any atom is -0.326 e. The maximum absolute atomic E-state index is 6.20. The Hall–Kier alpha value is -0.870. The summed E-state index contributed by atoms with van der Waals surface area (Å²) in [5.74, 6) is 0. The topological polar surface area (TPSA) is 47.1 Å². The van der Waals surface area contributed by atoms with Crippen molar-refractivity contribution in [3.8, 4) is 0 Å². The summed E-state index contributed by atoms with van der Waals surface area (Å²) in [6.45, 7) is 6.52. The first-order chi connectivity index (χ1) is 7.63. The van der Waals surface area contributed by atoms with Crippen LogP contribution in [-0.2, 0) is 7.05 Å². The molecule has 1 aliphatic heterocycles. The van der Waals surface area contributed by atoms with E-state index >= 15 is 0 Å². The quantitative estimate of drug-likeness (QED) is 0.836. The van der Waals surface area contributed by atoms with Gasteiger partial charge in [0.2, 0.25) is 0 Å². The monoisotopic (exact) mass is 222 g/mol. The van der Waals surface area contributed by atoms with Gasteiger partial charge in [0, 0.05) is 25.3 Å². The molecule has 2 heterocycles. The van der Waals surface area contributed by atoms with E-state index in [-0.39, 0.29) is 6.04 Å². The molecule has 1 aliphatic rings. The average Bonchev–Trinajstić information content (AvgIpc) is 2.73. The Morgan fingerprint density at radius 1 is 1.56 bits per heavy atom. The maximum atomic E-state index is 6.20. The van der Waals surface area contributed by atoms with E-state index in [2.05, 4.69) is 29.9 Å². The molecule has 90 valence electrons. The van der Waals surface area contributed by atoms with Gasteiger partial charge in [-0.25, -0.2) is 0 Å². The Morgan fingerprint density at radius 2 is 2.31 bits per heavy atom. The SMILES string of the molecule is CCCN1CCC(N)C1c1cc(C)n(C)n1. The van der Waals surface area contributed by atoms with E-state index in [1.54, 1.807) is 0 Å². The van der Waals surface area contributed by atoms with Crippen LogP contribution in [0.4, 0.5) is 0 Å². The molecule has 0 aliphatic carbocycles. The molecule has 1 saturated heterocycles. The van der Waals surface area contributed by atoms with E-state index in [1.807, 2.05) is 11.7 Å². The van der Waals surface area contributed by atoms with Gasteiger partial charge in [-0.15, -0.1) is 0 Å².